The molecule has 0 unspecified atom stereocenters. The van der Waals surface area contributed by atoms with E-state index >= 15 is 0 Å². The third kappa shape index (κ3) is 4.37. The fraction of sp³-hybridized carbons (Fsp3) is 0.273. The molecule has 0 atom stereocenters. The Hall–Kier alpha value is -3.08. The van der Waals surface area contributed by atoms with E-state index in [0.29, 0.717) is 0 Å². The summed E-state index contributed by atoms with van der Waals surface area (Å²) in [5.41, 5.74) is 4.69. The molecular formula is C22H26N4O. The van der Waals surface area contributed by atoms with E-state index in [2.05, 4.69) is 42.4 Å². The number of nitrogens with one attached hydrogen (secondary N) is 2. The van der Waals surface area contributed by atoms with E-state index in [4.69, 9.17) is 4.98 Å². The zero-order chi connectivity index (χ0) is 19.4. The average Bonchev–Trinajstić information content (AvgIpc) is 2.63. The number of benzene rings is 2. The van der Waals surface area contributed by atoms with Crippen LogP contribution in [0.1, 0.15) is 25.0 Å². The normalized spacial score (nSPS) is 10.7. The Balaban J connectivity index is 1.81. The van der Waals surface area contributed by atoms with E-state index in [-0.39, 0.29) is 6.03 Å². The van der Waals surface area contributed by atoms with E-state index in [9.17, 15) is 4.79 Å². The van der Waals surface area contributed by atoms with Gasteiger partial charge in [-0.15, -0.1) is 0 Å². The average molecular weight is 362 g/mol. The van der Waals surface area contributed by atoms with E-state index in [1.807, 2.05) is 49.4 Å². The molecule has 0 fully saturated rings. The molecule has 5 nitrogen and oxygen atoms in total. The van der Waals surface area contributed by atoms with Crippen molar-refractivity contribution in [1.82, 2.24) is 4.98 Å². The highest BCUT2D eigenvalue weighted by Gasteiger charge is 2.09. The molecule has 5 heteroatoms. The predicted molar refractivity (Wildman–Crippen MR) is 114 cm³/mol. The SMILES string of the molecule is CCN(CC)c1cc(C)c2cc(NC(=O)Nc3cccc(C)c3)ccc2n1. The van der Waals surface area contributed by atoms with Crippen molar-refractivity contribution in [1.29, 1.82) is 0 Å². The van der Waals surface area contributed by atoms with Gasteiger partial charge in [-0.25, -0.2) is 9.78 Å². The number of anilines is 3. The number of pyridine rings is 1. The summed E-state index contributed by atoms with van der Waals surface area (Å²) in [6.45, 7) is 10.2. The molecule has 0 bridgehead atoms. The van der Waals surface area contributed by atoms with Gasteiger partial charge in [0, 0.05) is 29.9 Å². The van der Waals surface area contributed by atoms with Crippen molar-refractivity contribution < 1.29 is 4.79 Å². The topological polar surface area (TPSA) is 57.3 Å². The van der Waals surface area contributed by atoms with Gasteiger partial charge in [0.15, 0.2) is 0 Å². The van der Waals surface area contributed by atoms with Crippen LogP contribution in [0.2, 0.25) is 0 Å². The quantitative estimate of drug-likeness (QED) is 0.644. The first-order chi connectivity index (χ1) is 13.0. The van der Waals surface area contributed by atoms with Gasteiger partial charge in [-0.1, -0.05) is 12.1 Å². The van der Waals surface area contributed by atoms with Crippen molar-refractivity contribution in [2.75, 3.05) is 28.6 Å². The summed E-state index contributed by atoms with van der Waals surface area (Å²) in [7, 11) is 0. The van der Waals surface area contributed by atoms with Crippen molar-refractivity contribution >= 4 is 34.1 Å². The number of aromatic nitrogens is 1. The van der Waals surface area contributed by atoms with Gasteiger partial charge in [0.05, 0.1) is 5.52 Å². The minimum atomic E-state index is -0.259. The van der Waals surface area contributed by atoms with E-state index in [1.165, 1.54) is 0 Å². The summed E-state index contributed by atoms with van der Waals surface area (Å²) in [6, 6.07) is 15.4. The van der Waals surface area contributed by atoms with Crippen LogP contribution in [0.3, 0.4) is 0 Å². The number of nitrogens with zero attached hydrogens (tertiary/aromatic N) is 2. The van der Waals surface area contributed by atoms with Crippen molar-refractivity contribution in [3.8, 4) is 0 Å². The molecule has 0 aliphatic carbocycles. The number of carbonyl (C=O) groups is 1. The zero-order valence-corrected chi connectivity index (χ0v) is 16.3. The van der Waals surface area contributed by atoms with Crippen LogP contribution in [-0.2, 0) is 0 Å². The first-order valence-electron chi connectivity index (χ1n) is 9.31. The second kappa shape index (κ2) is 8.08. The van der Waals surface area contributed by atoms with Crippen LogP contribution in [0.15, 0.2) is 48.5 Å². The van der Waals surface area contributed by atoms with E-state index in [0.717, 1.165) is 52.3 Å². The van der Waals surface area contributed by atoms with Gasteiger partial charge in [0.2, 0.25) is 0 Å². The van der Waals surface area contributed by atoms with Gasteiger partial charge in [0.1, 0.15) is 5.82 Å². The maximum atomic E-state index is 12.3. The van der Waals surface area contributed by atoms with Crippen LogP contribution in [0.25, 0.3) is 10.9 Å². The fourth-order valence-corrected chi connectivity index (χ4v) is 3.18. The van der Waals surface area contributed by atoms with Crippen molar-refractivity contribution in [3.05, 3.63) is 59.7 Å². The van der Waals surface area contributed by atoms with Crippen LogP contribution < -0.4 is 15.5 Å². The molecule has 0 aliphatic heterocycles. The van der Waals surface area contributed by atoms with E-state index in [1.54, 1.807) is 0 Å². The highest BCUT2D eigenvalue weighted by atomic mass is 16.2. The second-order valence-corrected chi connectivity index (χ2v) is 6.65. The van der Waals surface area contributed by atoms with Gasteiger partial charge < -0.3 is 15.5 Å². The molecule has 3 aromatic rings. The Morgan fingerprint density at radius 3 is 2.33 bits per heavy atom. The maximum absolute atomic E-state index is 12.3. The Morgan fingerprint density at radius 1 is 0.963 bits per heavy atom. The monoisotopic (exact) mass is 362 g/mol. The Morgan fingerprint density at radius 2 is 1.67 bits per heavy atom. The maximum Gasteiger partial charge on any atom is 0.323 e. The summed E-state index contributed by atoms with van der Waals surface area (Å²) in [4.78, 5) is 19.3. The number of aryl methyl sites for hydroxylation is 2. The molecule has 0 spiro atoms. The molecule has 0 saturated heterocycles. The van der Waals surface area contributed by atoms with Crippen LogP contribution in [0.4, 0.5) is 22.0 Å². The Bertz CT molecular complexity index is 964. The highest BCUT2D eigenvalue weighted by molar-refractivity contribution is 6.01. The Kier molecular flexibility index (Phi) is 5.60. The van der Waals surface area contributed by atoms with Gasteiger partial charge in [-0.05, 0) is 75.2 Å². The highest BCUT2D eigenvalue weighted by Crippen LogP contribution is 2.25. The van der Waals surface area contributed by atoms with Crippen molar-refractivity contribution in [2.24, 2.45) is 0 Å². The lowest BCUT2D eigenvalue weighted by Gasteiger charge is -2.21. The third-order valence-corrected chi connectivity index (χ3v) is 4.62. The smallest absolute Gasteiger partial charge is 0.323 e. The standard InChI is InChI=1S/C22H26N4O/c1-5-26(6-2)21-13-16(4)19-14-18(10-11-20(19)25-21)24-22(27)23-17-9-7-8-15(3)12-17/h7-14H,5-6H2,1-4H3,(H2,23,24,27). The molecule has 1 aromatic heterocycles. The lowest BCUT2D eigenvalue weighted by Crippen LogP contribution is -2.23. The van der Waals surface area contributed by atoms with E-state index < -0.39 is 0 Å². The molecule has 27 heavy (non-hydrogen) atoms. The van der Waals surface area contributed by atoms with Crippen LogP contribution in [0, 0.1) is 13.8 Å². The minimum Gasteiger partial charge on any atom is -0.357 e. The van der Waals surface area contributed by atoms with Crippen LogP contribution in [0.5, 0.6) is 0 Å². The number of carbonyl (C=O) groups excluding carboxylic acids is 1. The minimum absolute atomic E-state index is 0.259. The molecule has 0 saturated carbocycles. The number of fused-ring (bicyclic) bond motifs is 1. The molecular weight excluding hydrogens is 336 g/mol. The number of urea groups is 1. The molecule has 2 amide bonds. The molecule has 2 aromatic carbocycles. The first-order valence-corrected chi connectivity index (χ1v) is 9.31. The number of amides is 2. The van der Waals surface area contributed by atoms with Crippen LogP contribution in [-0.4, -0.2) is 24.1 Å². The Labute approximate surface area is 160 Å². The lowest BCUT2D eigenvalue weighted by atomic mass is 10.1. The van der Waals surface area contributed by atoms with Gasteiger partial charge in [-0.3, -0.25) is 0 Å². The largest absolute Gasteiger partial charge is 0.357 e. The lowest BCUT2D eigenvalue weighted by molar-refractivity contribution is 0.262. The molecule has 0 aliphatic rings. The number of hydrogen-bond acceptors (Lipinski definition) is 3. The zero-order valence-electron chi connectivity index (χ0n) is 16.3. The van der Waals surface area contributed by atoms with Crippen LogP contribution >= 0.6 is 0 Å². The summed E-state index contributed by atoms with van der Waals surface area (Å²) in [6.07, 6.45) is 0. The third-order valence-electron chi connectivity index (χ3n) is 4.62. The molecule has 0 radical (unpaired) electrons. The molecule has 1 heterocycles. The second-order valence-electron chi connectivity index (χ2n) is 6.65. The number of rotatable bonds is 5. The molecule has 3 rings (SSSR count). The number of hydrogen-bond donors (Lipinski definition) is 2. The molecule has 140 valence electrons. The summed E-state index contributed by atoms with van der Waals surface area (Å²) < 4.78 is 0. The van der Waals surface area contributed by atoms with Crippen molar-refractivity contribution in [3.63, 3.8) is 0 Å². The predicted octanol–water partition coefficient (Wildman–Crippen LogP) is 5.34. The summed E-state index contributed by atoms with van der Waals surface area (Å²) in [5, 5.41) is 6.80. The van der Waals surface area contributed by atoms with Crippen molar-refractivity contribution in [2.45, 2.75) is 27.7 Å². The van der Waals surface area contributed by atoms with Gasteiger partial charge in [-0.2, -0.15) is 0 Å². The fourth-order valence-electron chi connectivity index (χ4n) is 3.18. The first kappa shape index (κ1) is 18.7. The van der Waals surface area contributed by atoms with Gasteiger partial charge in [0.25, 0.3) is 0 Å². The molecule has 2 N–H and O–H groups in total. The summed E-state index contributed by atoms with van der Waals surface area (Å²) in [5.74, 6) is 0.989. The van der Waals surface area contributed by atoms with Gasteiger partial charge >= 0.3 is 6.03 Å². The summed E-state index contributed by atoms with van der Waals surface area (Å²) >= 11 is 0.